The molecule has 8 heteroatoms. The molecule has 0 saturated heterocycles. The molecule has 0 aliphatic heterocycles. The second-order valence-electron chi connectivity index (χ2n) is 6.47. The highest BCUT2D eigenvalue weighted by atomic mass is 19.1. The van der Waals surface area contributed by atoms with E-state index in [2.05, 4.69) is 20.6 Å². The molecule has 2 rings (SSSR count). The first-order chi connectivity index (χ1) is 12.0. The quantitative estimate of drug-likeness (QED) is 0.619. The van der Waals surface area contributed by atoms with E-state index in [9.17, 15) is 19.1 Å². The minimum atomic E-state index is -0.922. The number of carbonyl (C=O) groups excluding carboxylic acids is 2. The number of unbranched alkanes of at least 4 members (excludes halogenated alkanes) is 1. The highest BCUT2D eigenvalue weighted by molar-refractivity contribution is 5.90. The molecule has 1 aliphatic carbocycles. The summed E-state index contributed by atoms with van der Waals surface area (Å²) in [6.45, 7) is 2.49. The summed E-state index contributed by atoms with van der Waals surface area (Å²) < 4.78 is 12.7. The summed E-state index contributed by atoms with van der Waals surface area (Å²) in [5.74, 6) is -0.936. The Morgan fingerprint density at radius 1 is 1.36 bits per heavy atom. The molecule has 0 aromatic carbocycles. The maximum absolute atomic E-state index is 12.7. The molecule has 25 heavy (non-hydrogen) atoms. The van der Waals surface area contributed by atoms with Crippen molar-refractivity contribution in [2.75, 3.05) is 6.54 Å². The topological polar surface area (TPSA) is 104 Å². The number of carbonyl (C=O) groups is 2. The summed E-state index contributed by atoms with van der Waals surface area (Å²) in [4.78, 5) is 30.8. The highest BCUT2D eigenvalue weighted by Gasteiger charge is 2.31. The zero-order valence-electron chi connectivity index (χ0n) is 14.4. The minimum absolute atomic E-state index is 0.0544. The Morgan fingerprint density at radius 3 is 2.68 bits per heavy atom. The lowest BCUT2D eigenvalue weighted by molar-refractivity contribution is -0.131. The molecule has 0 spiro atoms. The van der Waals surface area contributed by atoms with Gasteiger partial charge in [0.05, 0.1) is 12.4 Å². The molecule has 0 bridgehead atoms. The van der Waals surface area contributed by atoms with Gasteiger partial charge in [0.2, 0.25) is 11.7 Å². The number of aliphatic hydroxyl groups is 1. The fourth-order valence-corrected chi connectivity index (χ4v) is 2.81. The molecule has 3 N–H and O–H groups in total. The average Bonchev–Trinajstić information content (AvgIpc) is 2.57. The molecule has 2 amide bonds. The van der Waals surface area contributed by atoms with Crippen molar-refractivity contribution in [2.24, 2.45) is 5.92 Å². The van der Waals surface area contributed by atoms with Gasteiger partial charge in [0.15, 0.2) is 5.82 Å². The van der Waals surface area contributed by atoms with Gasteiger partial charge in [-0.05, 0) is 31.6 Å². The highest BCUT2D eigenvalue weighted by Crippen LogP contribution is 2.30. The summed E-state index contributed by atoms with van der Waals surface area (Å²) in [6, 6.07) is 0.102. The molecule has 1 heterocycles. The second kappa shape index (κ2) is 9.41. The van der Waals surface area contributed by atoms with Gasteiger partial charge < -0.3 is 15.7 Å². The third-order valence-corrected chi connectivity index (χ3v) is 4.38. The SMILES string of the molecule is CCCCC(O)C(=O)NC1CC(CCNC(=O)c2ncc(F)cn2)C1. The van der Waals surface area contributed by atoms with Crippen molar-refractivity contribution >= 4 is 11.8 Å². The summed E-state index contributed by atoms with van der Waals surface area (Å²) in [5, 5.41) is 15.3. The number of amides is 2. The van der Waals surface area contributed by atoms with Gasteiger partial charge in [0.1, 0.15) is 6.10 Å². The van der Waals surface area contributed by atoms with Gasteiger partial charge in [0, 0.05) is 12.6 Å². The first-order valence-electron chi connectivity index (χ1n) is 8.73. The number of aliphatic hydroxyl groups excluding tert-OH is 1. The Kier molecular flexibility index (Phi) is 7.24. The van der Waals surface area contributed by atoms with E-state index in [4.69, 9.17) is 0 Å². The fourth-order valence-electron chi connectivity index (χ4n) is 2.81. The summed E-state index contributed by atoms with van der Waals surface area (Å²) in [6.07, 6.45) is 5.74. The Labute approximate surface area is 146 Å². The van der Waals surface area contributed by atoms with Crippen molar-refractivity contribution in [3.05, 3.63) is 24.0 Å². The van der Waals surface area contributed by atoms with E-state index >= 15 is 0 Å². The number of hydrogen-bond donors (Lipinski definition) is 3. The number of aromatic nitrogens is 2. The lowest BCUT2D eigenvalue weighted by atomic mass is 9.78. The fraction of sp³-hybridized carbons (Fsp3) is 0.647. The van der Waals surface area contributed by atoms with Crippen LogP contribution in [0.5, 0.6) is 0 Å². The maximum atomic E-state index is 12.7. The van der Waals surface area contributed by atoms with Crippen LogP contribution in [0.2, 0.25) is 0 Å². The Hall–Kier alpha value is -2.09. The van der Waals surface area contributed by atoms with Crippen molar-refractivity contribution in [1.29, 1.82) is 0 Å². The van der Waals surface area contributed by atoms with E-state index in [0.717, 1.165) is 44.5 Å². The van der Waals surface area contributed by atoms with E-state index in [1.165, 1.54) is 0 Å². The van der Waals surface area contributed by atoms with E-state index in [1.54, 1.807) is 0 Å². The first-order valence-corrected chi connectivity index (χ1v) is 8.73. The third-order valence-electron chi connectivity index (χ3n) is 4.38. The van der Waals surface area contributed by atoms with Crippen LogP contribution in [-0.2, 0) is 4.79 Å². The molecular weight excluding hydrogens is 327 g/mol. The number of rotatable bonds is 9. The molecule has 0 radical (unpaired) electrons. The van der Waals surface area contributed by atoms with Crippen molar-refractivity contribution in [1.82, 2.24) is 20.6 Å². The van der Waals surface area contributed by atoms with Gasteiger partial charge >= 0.3 is 0 Å². The minimum Gasteiger partial charge on any atom is -0.383 e. The van der Waals surface area contributed by atoms with Crippen LogP contribution < -0.4 is 10.6 Å². The van der Waals surface area contributed by atoms with Crippen molar-refractivity contribution < 1.29 is 19.1 Å². The lowest BCUT2D eigenvalue weighted by Gasteiger charge is -2.36. The predicted molar refractivity (Wildman–Crippen MR) is 89.1 cm³/mol. The van der Waals surface area contributed by atoms with E-state index < -0.39 is 17.8 Å². The molecule has 7 nitrogen and oxygen atoms in total. The molecule has 1 aromatic heterocycles. The Bertz CT molecular complexity index is 576. The van der Waals surface area contributed by atoms with Crippen LogP contribution in [-0.4, -0.2) is 45.6 Å². The molecule has 1 atom stereocenters. The molecular formula is C17H25FN4O3. The molecule has 138 valence electrons. The van der Waals surface area contributed by atoms with Gasteiger partial charge in [-0.2, -0.15) is 0 Å². The number of halogens is 1. The molecule has 1 aliphatic rings. The second-order valence-corrected chi connectivity index (χ2v) is 6.47. The molecule has 1 fully saturated rings. The van der Waals surface area contributed by atoms with E-state index in [-0.39, 0.29) is 17.8 Å². The van der Waals surface area contributed by atoms with Gasteiger partial charge in [-0.15, -0.1) is 0 Å². The standard InChI is InChI=1S/C17H25FN4O3/c1-2-3-4-14(23)16(24)22-13-7-11(8-13)5-6-19-17(25)15-20-9-12(18)10-21-15/h9-11,13-14,23H,2-8H2,1H3,(H,19,25)(H,22,24). The van der Waals surface area contributed by atoms with Crippen LogP contribution in [0.15, 0.2) is 12.4 Å². The van der Waals surface area contributed by atoms with E-state index in [0.29, 0.717) is 18.9 Å². The third kappa shape index (κ3) is 6.04. The van der Waals surface area contributed by atoms with Gasteiger partial charge in [-0.3, -0.25) is 9.59 Å². The number of nitrogens with zero attached hydrogens (tertiary/aromatic N) is 2. The average molecular weight is 352 g/mol. The van der Waals surface area contributed by atoms with E-state index in [1.807, 2.05) is 6.92 Å². The maximum Gasteiger partial charge on any atom is 0.289 e. The van der Waals surface area contributed by atoms with Gasteiger partial charge in [-0.1, -0.05) is 19.8 Å². The van der Waals surface area contributed by atoms with Crippen LogP contribution in [0.25, 0.3) is 0 Å². The zero-order valence-corrected chi connectivity index (χ0v) is 14.4. The van der Waals surface area contributed by atoms with Crippen molar-refractivity contribution in [2.45, 2.75) is 57.6 Å². The summed E-state index contributed by atoms with van der Waals surface area (Å²) in [5.41, 5.74) is 0. The van der Waals surface area contributed by atoms with Crippen LogP contribution in [0.4, 0.5) is 4.39 Å². The monoisotopic (exact) mass is 352 g/mol. The molecule has 1 unspecified atom stereocenters. The normalized spacial score (nSPS) is 20.4. The van der Waals surface area contributed by atoms with Crippen LogP contribution in [0, 0.1) is 11.7 Å². The Morgan fingerprint density at radius 2 is 2.04 bits per heavy atom. The van der Waals surface area contributed by atoms with Gasteiger partial charge in [0.25, 0.3) is 5.91 Å². The Balaban J connectivity index is 1.58. The summed E-state index contributed by atoms with van der Waals surface area (Å²) in [7, 11) is 0. The first kappa shape index (κ1) is 19.2. The lowest BCUT2D eigenvalue weighted by Crippen LogP contribution is -2.48. The van der Waals surface area contributed by atoms with Crippen LogP contribution in [0.1, 0.15) is 56.1 Å². The van der Waals surface area contributed by atoms with Crippen LogP contribution >= 0.6 is 0 Å². The van der Waals surface area contributed by atoms with Gasteiger partial charge in [-0.25, -0.2) is 14.4 Å². The zero-order chi connectivity index (χ0) is 18.2. The largest absolute Gasteiger partial charge is 0.383 e. The number of nitrogens with one attached hydrogen (secondary N) is 2. The van der Waals surface area contributed by atoms with Crippen molar-refractivity contribution in [3.8, 4) is 0 Å². The van der Waals surface area contributed by atoms with Crippen molar-refractivity contribution in [3.63, 3.8) is 0 Å². The van der Waals surface area contributed by atoms with Crippen LogP contribution in [0.3, 0.4) is 0 Å². The molecule has 1 aromatic rings. The smallest absolute Gasteiger partial charge is 0.289 e. The predicted octanol–water partition coefficient (Wildman–Crippen LogP) is 1.18. The number of hydrogen-bond acceptors (Lipinski definition) is 5. The molecule has 1 saturated carbocycles. The summed E-state index contributed by atoms with van der Waals surface area (Å²) >= 11 is 0.